The monoisotopic (exact) mass is 211 g/mol. The highest BCUT2D eigenvalue weighted by Crippen LogP contribution is 2.02. The average molecular weight is 211 g/mol. The maximum Gasteiger partial charge on any atom is 0.146 e. The molecule has 0 saturated heterocycles. The van der Waals surface area contributed by atoms with E-state index in [0.29, 0.717) is 0 Å². The van der Waals surface area contributed by atoms with Crippen molar-refractivity contribution in [1.82, 2.24) is 4.98 Å². The van der Waals surface area contributed by atoms with Crippen molar-refractivity contribution < 1.29 is 0 Å². The lowest BCUT2D eigenvalue weighted by Crippen LogP contribution is -1.92. The van der Waals surface area contributed by atoms with Crippen molar-refractivity contribution in [3.63, 3.8) is 0 Å². The number of hydrazone groups is 1. The van der Waals surface area contributed by atoms with Crippen molar-refractivity contribution in [3.05, 3.63) is 59.8 Å². The Morgan fingerprint density at radius 3 is 2.62 bits per heavy atom. The van der Waals surface area contributed by atoms with E-state index in [1.54, 1.807) is 12.4 Å². The van der Waals surface area contributed by atoms with Gasteiger partial charge in [-0.25, -0.2) is 4.98 Å². The second-order valence-electron chi connectivity index (χ2n) is 3.50. The molecular formula is C13H13N3. The Kier molecular flexibility index (Phi) is 3.28. The molecule has 0 aliphatic carbocycles. The molecule has 1 aromatic heterocycles. The van der Waals surface area contributed by atoms with Crippen LogP contribution in [0.1, 0.15) is 11.1 Å². The lowest BCUT2D eigenvalue weighted by molar-refractivity contribution is 1.23. The number of nitrogens with one attached hydrogen (secondary N) is 1. The van der Waals surface area contributed by atoms with Crippen LogP contribution in [0, 0.1) is 6.92 Å². The van der Waals surface area contributed by atoms with E-state index >= 15 is 0 Å². The summed E-state index contributed by atoms with van der Waals surface area (Å²) in [6, 6.07) is 13.8. The fraction of sp³-hybridized carbons (Fsp3) is 0.0769. The summed E-state index contributed by atoms with van der Waals surface area (Å²) in [7, 11) is 0. The zero-order valence-corrected chi connectivity index (χ0v) is 9.09. The van der Waals surface area contributed by atoms with Crippen molar-refractivity contribution in [2.24, 2.45) is 5.10 Å². The molecule has 0 amide bonds. The first kappa shape index (κ1) is 10.4. The van der Waals surface area contributed by atoms with E-state index in [-0.39, 0.29) is 0 Å². The first-order chi connectivity index (χ1) is 7.84. The highest BCUT2D eigenvalue weighted by molar-refractivity contribution is 5.80. The normalized spacial score (nSPS) is 10.6. The van der Waals surface area contributed by atoms with E-state index in [4.69, 9.17) is 0 Å². The van der Waals surface area contributed by atoms with Crippen molar-refractivity contribution >= 4 is 12.0 Å². The van der Waals surface area contributed by atoms with Crippen LogP contribution in [0.2, 0.25) is 0 Å². The fourth-order valence-corrected chi connectivity index (χ4v) is 1.25. The quantitative estimate of drug-likeness (QED) is 0.626. The van der Waals surface area contributed by atoms with Gasteiger partial charge in [0.1, 0.15) is 5.82 Å². The number of hydrogen-bond donors (Lipinski definition) is 1. The summed E-state index contributed by atoms with van der Waals surface area (Å²) >= 11 is 0. The van der Waals surface area contributed by atoms with Crippen LogP contribution in [-0.2, 0) is 0 Å². The van der Waals surface area contributed by atoms with Gasteiger partial charge < -0.3 is 0 Å². The van der Waals surface area contributed by atoms with E-state index < -0.39 is 0 Å². The van der Waals surface area contributed by atoms with Crippen LogP contribution in [0.15, 0.2) is 53.8 Å². The Morgan fingerprint density at radius 1 is 1.12 bits per heavy atom. The predicted molar refractivity (Wildman–Crippen MR) is 66.6 cm³/mol. The van der Waals surface area contributed by atoms with Crippen LogP contribution < -0.4 is 5.43 Å². The Morgan fingerprint density at radius 2 is 1.94 bits per heavy atom. The van der Waals surface area contributed by atoms with E-state index in [0.717, 1.165) is 11.4 Å². The van der Waals surface area contributed by atoms with Crippen LogP contribution in [0.25, 0.3) is 0 Å². The largest absolute Gasteiger partial charge is 0.261 e. The molecule has 1 N–H and O–H groups in total. The van der Waals surface area contributed by atoms with Gasteiger partial charge >= 0.3 is 0 Å². The molecule has 0 aliphatic rings. The number of benzene rings is 1. The van der Waals surface area contributed by atoms with Gasteiger partial charge in [0, 0.05) is 6.20 Å². The molecule has 0 atom stereocenters. The molecule has 0 bridgehead atoms. The van der Waals surface area contributed by atoms with Gasteiger partial charge in [-0.15, -0.1) is 0 Å². The van der Waals surface area contributed by atoms with Gasteiger partial charge in [0.25, 0.3) is 0 Å². The Balaban J connectivity index is 1.98. The van der Waals surface area contributed by atoms with Crippen molar-refractivity contribution in [2.45, 2.75) is 6.92 Å². The molecule has 2 rings (SSSR count). The molecule has 1 aromatic carbocycles. The second kappa shape index (κ2) is 5.07. The third-order valence-corrected chi connectivity index (χ3v) is 2.13. The van der Waals surface area contributed by atoms with Crippen molar-refractivity contribution in [2.75, 3.05) is 5.43 Å². The molecular weight excluding hydrogens is 198 g/mol. The zero-order chi connectivity index (χ0) is 11.2. The van der Waals surface area contributed by atoms with Gasteiger partial charge in [0.15, 0.2) is 0 Å². The molecule has 3 nitrogen and oxygen atoms in total. The van der Waals surface area contributed by atoms with Gasteiger partial charge in [-0.1, -0.05) is 35.9 Å². The van der Waals surface area contributed by atoms with E-state index in [2.05, 4.69) is 34.6 Å². The number of anilines is 1. The third kappa shape index (κ3) is 2.92. The molecule has 3 heteroatoms. The Hall–Kier alpha value is -2.16. The van der Waals surface area contributed by atoms with Crippen LogP contribution in [0.4, 0.5) is 5.82 Å². The van der Waals surface area contributed by atoms with Gasteiger partial charge in [-0.05, 0) is 24.6 Å². The minimum Gasteiger partial charge on any atom is -0.261 e. The zero-order valence-electron chi connectivity index (χ0n) is 9.09. The van der Waals surface area contributed by atoms with Crippen molar-refractivity contribution in [1.29, 1.82) is 0 Å². The SMILES string of the molecule is Cc1ccc(/C=N/Nc2ccccn2)cc1. The molecule has 0 radical (unpaired) electrons. The van der Waals surface area contributed by atoms with Crippen LogP contribution in [0.3, 0.4) is 0 Å². The molecule has 0 unspecified atom stereocenters. The third-order valence-electron chi connectivity index (χ3n) is 2.13. The summed E-state index contributed by atoms with van der Waals surface area (Å²) in [5, 5.41) is 4.10. The molecule has 1 heterocycles. The first-order valence-electron chi connectivity index (χ1n) is 5.11. The Labute approximate surface area is 94.9 Å². The molecule has 0 fully saturated rings. The smallest absolute Gasteiger partial charge is 0.146 e. The van der Waals surface area contributed by atoms with Gasteiger partial charge in [0.05, 0.1) is 6.21 Å². The van der Waals surface area contributed by atoms with Crippen molar-refractivity contribution in [3.8, 4) is 0 Å². The lowest BCUT2D eigenvalue weighted by Gasteiger charge is -1.97. The molecule has 0 saturated carbocycles. The summed E-state index contributed by atoms with van der Waals surface area (Å²) in [6.07, 6.45) is 3.50. The van der Waals surface area contributed by atoms with Crippen LogP contribution >= 0.6 is 0 Å². The van der Waals surface area contributed by atoms with E-state index in [1.165, 1.54) is 5.56 Å². The summed E-state index contributed by atoms with van der Waals surface area (Å²) < 4.78 is 0. The minimum absolute atomic E-state index is 0.742. The summed E-state index contributed by atoms with van der Waals surface area (Å²) in [5.41, 5.74) is 5.18. The number of aromatic nitrogens is 1. The molecule has 80 valence electrons. The fourth-order valence-electron chi connectivity index (χ4n) is 1.25. The Bertz CT molecular complexity index is 460. The topological polar surface area (TPSA) is 37.3 Å². The van der Waals surface area contributed by atoms with Crippen LogP contribution in [-0.4, -0.2) is 11.2 Å². The number of hydrogen-bond acceptors (Lipinski definition) is 3. The standard InChI is InChI=1S/C13H13N3/c1-11-5-7-12(8-6-11)10-15-16-13-4-2-3-9-14-13/h2-10H,1H3,(H,14,16)/b15-10+. The minimum atomic E-state index is 0.742. The maximum absolute atomic E-state index is 4.10. The van der Waals surface area contributed by atoms with Gasteiger partial charge in [-0.3, -0.25) is 5.43 Å². The predicted octanol–water partition coefficient (Wildman–Crippen LogP) is 2.84. The number of rotatable bonds is 3. The van der Waals surface area contributed by atoms with Crippen LogP contribution in [0.5, 0.6) is 0 Å². The summed E-state index contributed by atoms with van der Waals surface area (Å²) in [6.45, 7) is 2.06. The second-order valence-corrected chi connectivity index (χ2v) is 3.50. The highest BCUT2D eigenvalue weighted by atomic mass is 15.3. The van der Waals surface area contributed by atoms with Gasteiger partial charge in [-0.2, -0.15) is 5.10 Å². The maximum atomic E-state index is 4.10. The van der Waals surface area contributed by atoms with E-state index in [1.807, 2.05) is 30.3 Å². The van der Waals surface area contributed by atoms with E-state index in [9.17, 15) is 0 Å². The summed E-state index contributed by atoms with van der Waals surface area (Å²) in [4.78, 5) is 4.10. The molecule has 0 spiro atoms. The number of pyridine rings is 1. The summed E-state index contributed by atoms with van der Waals surface area (Å²) in [5.74, 6) is 0.742. The highest BCUT2D eigenvalue weighted by Gasteiger charge is 1.88. The lowest BCUT2D eigenvalue weighted by atomic mass is 10.2. The molecule has 16 heavy (non-hydrogen) atoms. The average Bonchev–Trinajstić information content (AvgIpc) is 2.33. The number of nitrogens with zero attached hydrogens (tertiary/aromatic N) is 2. The molecule has 2 aromatic rings. The van der Waals surface area contributed by atoms with Gasteiger partial charge in [0.2, 0.25) is 0 Å². The molecule has 0 aliphatic heterocycles. The number of aryl methyl sites for hydroxylation is 1. The first-order valence-corrected chi connectivity index (χ1v) is 5.11.